The average molecular weight is 516 g/mol. The highest BCUT2D eigenvalue weighted by Gasteiger charge is 2.23. The summed E-state index contributed by atoms with van der Waals surface area (Å²) in [6.07, 6.45) is 2.77. The number of nitrogens with one attached hydrogen (secondary N) is 1. The molecule has 0 bridgehead atoms. The maximum absolute atomic E-state index is 13.2. The number of pyridine rings is 1. The minimum Gasteiger partial charge on any atom is -0.465 e. The Morgan fingerprint density at radius 3 is 2.35 bits per heavy atom. The molecule has 1 amide bonds. The van der Waals surface area contributed by atoms with Crippen LogP contribution in [-0.2, 0) is 4.74 Å². The van der Waals surface area contributed by atoms with Crippen LogP contribution in [0, 0.1) is 6.92 Å². The second-order valence-corrected chi connectivity index (χ2v) is 8.52. The largest absolute Gasteiger partial charge is 0.465 e. The fourth-order valence-electron chi connectivity index (χ4n) is 3.41. The summed E-state index contributed by atoms with van der Waals surface area (Å²) in [5, 5.41) is 8.72. The predicted octanol–water partition coefficient (Wildman–Crippen LogP) is 6.24. The van der Waals surface area contributed by atoms with Gasteiger partial charge in [0.25, 0.3) is 5.91 Å². The molecule has 0 aliphatic heterocycles. The van der Waals surface area contributed by atoms with E-state index in [-0.39, 0.29) is 11.3 Å². The second kappa shape index (κ2) is 9.85. The quantitative estimate of drug-likeness (QED) is 0.318. The first-order valence-electron chi connectivity index (χ1n) is 9.94. The number of benzene rings is 2. The third-order valence-corrected chi connectivity index (χ3v) is 5.80. The zero-order chi connectivity index (χ0) is 24.4. The van der Waals surface area contributed by atoms with Gasteiger partial charge in [-0.1, -0.05) is 46.9 Å². The maximum atomic E-state index is 13.2. The molecule has 0 saturated heterocycles. The summed E-state index contributed by atoms with van der Waals surface area (Å²) >= 11 is 18.6. The second-order valence-electron chi connectivity index (χ2n) is 7.24. The van der Waals surface area contributed by atoms with Crippen molar-refractivity contribution in [1.29, 1.82) is 0 Å². The number of carbonyl (C=O) groups is 2. The van der Waals surface area contributed by atoms with Crippen LogP contribution in [0.1, 0.15) is 26.4 Å². The molecular weight excluding hydrogens is 499 g/mol. The summed E-state index contributed by atoms with van der Waals surface area (Å²) in [5.41, 5.74) is 3.30. The van der Waals surface area contributed by atoms with Crippen molar-refractivity contribution in [3.8, 4) is 16.9 Å². The summed E-state index contributed by atoms with van der Waals surface area (Å²) in [4.78, 5) is 29.0. The van der Waals surface area contributed by atoms with E-state index in [0.29, 0.717) is 37.7 Å². The molecule has 0 saturated carbocycles. The van der Waals surface area contributed by atoms with E-state index in [0.717, 1.165) is 5.56 Å². The van der Waals surface area contributed by atoms with Gasteiger partial charge in [-0.05, 0) is 43.3 Å². The van der Waals surface area contributed by atoms with Gasteiger partial charge in [-0.25, -0.2) is 9.48 Å². The first kappa shape index (κ1) is 23.8. The lowest BCUT2D eigenvalue weighted by Crippen LogP contribution is -2.15. The van der Waals surface area contributed by atoms with Crippen molar-refractivity contribution in [3.05, 3.63) is 92.8 Å². The number of carbonyl (C=O) groups excluding carboxylic acids is 2. The number of nitrogens with zero attached hydrogens (tertiary/aromatic N) is 3. The summed E-state index contributed by atoms with van der Waals surface area (Å²) in [6.45, 7) is 1.79. The third kappa shape index (κ3) is 4.77. The smallest absolute Gasteiger partial charge is 0.339 e. The van der Waals surface area contributed by atoms with Gasteiger partial charge in [0.15, 0.2) is 5.69 Å². The Morgan fingerprint density at radius 1 is 0.971 bits per heavy atom. The van der Waals surface area contributed by atoms with Crippen LogP contribution in [0.2, 0.25) is 15.1 Å². The van der Waals surface area contributed by atoms with Gasteiger partial charge in [0.05, 0.1) is 41.0 Å². The van der Waals surface area contributed by atoms with Crippen LogP contribution in [-0.4, -0.2) is 33.8 Å². The van der Waals surface area contributed by atoms with Crippen LogP contribution in [0.4, 0.5) is 5.69 Å². The van der Waals surface area contributed by atoms with Gasteiger partial charge in [0.1, 0.15) is 0 Å². The number of amides is 1. The van der Waals surface area contributed by atoms with Crippen molar-refractivity contribution in [1.82, 2.24) is 14.8 Å². The number of halogens is 3. The van der Waals surface area contributed by atoms with E-state index in [2.05, 4.69) is 15.4 Å². The zero-order valence-corrected chi connectivity index (χ0v) is 20.2. The van der Waals surface area contributed by atoms with Crippen molar-refractivity contribution in [2.45, 2.75) is 6.92 Å². The van der Waals surface area contributed by atoms with Crippen LogP contribution in [0.5, 0.6) is 0 Å². The molecule has 34 heavy (non-hydrogen) atoms. The van der Waals surface area contributed by atoms with Crippen molar-refractivity contribution >= 4 is 52.4 Å². The van der Waals surface area contributed by atoms with E-state index in [1.165, 1.54) is 25.6 Å². The monoisotopic (exact) mass is 514 g/mol. The zero-order valence-electron chi connectivity index (χ0n) is 18.0. The lowest BCUT2D eigenvalue weighted by molar-refractivity contribution is 0.0600. The van der Waals surface area contributed by atoms with Crippen LogP contribution in [0.3, 0.4) is 0 Å². The molecule has 0 atom stereocenters. The average Bonchev–Trinajstić information content (AvgIpc) is 3.16. The molecule has 2 heterocycles. The van der Waals surface area contributed by atoms with Crippen molar-refractivity contribution < 1.29 is 14.3 Å². The molecule has 2 aromatic heterocycles. The SMILES string of the molecule is COC(=O)c1cncc(NC(=O)c2nn(-c3ccc(Cl)cc3Cl)c(-c3ccc(Cl)cc3)c2C)c1. The Kier molecular flexibility index (Phi) is 6.88. The van der Waals surface area contributed by atoms with Crippen LogP contribution in [0.15, 0.2) is 60.9 Å². The Labute approximate surface area is 210 Å². The molecule has 0 unspecified atom stereocenters. The fourth-order valence-corrected chi connectivity index (χ4v) is 4.03. The molecule has 4 aromatic rings. The van der Waals surface area contributed by atoms with Crippen LogP contribution < -0.4 is 5.32 Å². The van der Waals surface area contributed by atoms with Gasteiger partial charge < -0.3 is 10.1 Å². The van der Waals surface area contributed by atoms with Crippen molar-refractivity contribution in [2.24, 2.45) is 0 Å². The Bertz CT molecular complexity index is 1400. The highest BCUT2D eigenvalue weighted by atomic mass is 35.5. The Morgan fingerprint density at radius 2 is 1.68 bits per heavy atom. The number of methoxy groups -OCH3 is 1. The molecule has 4 rings (SSSR count). The number of hydrogen-bond donors (Lipinski definition) is 1. The molecule has 7 nitrogen and oxygen atoms in total. The third-order valence-electron chi connectivity index (χ3n) is 5.01. The predicted molar refractivity (Wildman–Crippen MR) is 132 cm³/mol. The standard InChI is InChI=1S/C24H17Cl3N4O3/c1-13-21(23(32)29-18-9-15(11-28-12-18)24(33)34-2)30-31(20-8-7-17(26)10-19(20)27)22(13)14-3-5-16(25)6-4-14/h3-12H,1-2H3,(H,29,32). The van der Waals surface area contributed by atoms with Gasteiger partial charge in [-0.15, -0.1) is 0 Å². The lowest BCUT2D eigenvalue weighted by atomic mass is 10.1. The maximum Gasteiger partial charge on any atom is 0.339 e. The van der Waals surface area contributed by atoms with Gasteiger partial charge in [-0.3, -0.25) is 9.78 Å². The van der Waals surface area contributed by atoms with Gasteiger partial charge in [0.2, 0.25) is 0 Å². The molecular formula is C24H17Cl3N4O3. The van der Waals surface area contributed by atoms with E-state index >= 15 is 0 Å². The minimum absolute atomic E-state index is 0.166. The van der Waals surface area contributed by atoms with Crippen molar-refractivity contribution in [3.63, 3.8) is 0 Å². The van der Waals surface area contributed by atoms with E-state index < -0.39 is 11.9 Å². The number of hydrogen-bond acceptors (Lipinski definition) is 5. The normalized spacial score (nSPS) is 10.7. The molecule has 0 aliphatic carbocycles. The molecule has 0 aliphatic rings. The van der Waals surface area contributed by atoms with Crippen molar-refractivity contribution in [2.75, 3.05) is 12.4 Å². The first-order valence-corrected chi connectivity index (χ1v) is 11.1. The Balaban J connectivity index is 1.80. The van der Waals surface area contributed by atoms with E-state index in [1.54, 1.807) is 41.9 Å². The highest BCUT2D eigenvalue weighted by Crippen LogP contribution is 2.33. The van der Waals surface area contributed by atoms with E-state index in [4.69, 9.17) is 39.5 Å². The van der Waals surface area contributed by atoms with E-state index in [1.807, 2.05) is 12.1 Å². The molecule has 0 fully saturated rings. The molecule has 2 aromatic carbocycles. The van der Waals surface area contributed by atoms with Gasteiger partial charge >= 0.3 is 5.97 Å². The summed E-state index contributed by atoms with van der Waals surface area (Å²) in [7, 11) is 1.27. The van der Waals surface area contributed by atoms with E-state index in [9.17, 15) is 9.59 Å². The lowest BCUT2D eigenvalue weighted by Gasteiger charge is -2.11. The molecule has 10 heteroatoms. The summed E-state index contributed by atoms with van der Waals surface area (Å²) in [5.74, 6) is -1.05. The molecule has 172 valence electrons. The van der Waals surface area contributed by atoms with Gasteiger partial charge in [0, 0.05) is 27.4 Å². The number of ether oxygens (including phenoxy) is 1. The number of esters is 1. The molecule has 0 radical (unpaired) electrons. The number of anilines is 1. The summed E-state index contributed by atoms with van der Waals surface area (Å²) < 4.78 is 6.30. The topological polar surface area (TPSA) is 86.1 Å². The minimum atomic E-state index is -0.563. The fraction of sp³-hybridized carbons (Fsp3) is 0.0833. The highest BCUT2D eigenvalue weighted by molar-refractivity contribution is 6.35. The van der Waals surface area contributed by atoms with Crippen LogP contribution >= 0.6 is 34.8 Å². The molecule has 0 spiro atoms. The van der Waals surface area contributed by atoms with Crippen LogP contribution in [0.25, 0.3) is 16.9 Å². The summed E-state index contributed by atoms with van der Waals surface area (Å²) in [6, 6.07) is 13.7. The number of rotatable bonds is 5. The molecule has 1 N–H and O–H groups in total. The Hall–Kier alpha value is -3.39. The first-order chi connectivity index (χ1) is 16.3. The van der Waals surface area contributed by atoms with Gasteiger partial charge in [-0.2, -0.15) is 5.10 Å². The number of aromatic nitrogens is 3.